The summed E-state index contributed by atoms with van der Waals surface area (Å²) in [6.45, 7) is 0.0972. The highest BCUT2D eigenvalue weighted by atomic mass is 32.2. The molecule has 180 valence electrons. The zero-order valence-corrected chi connectivity index (χ0v) is 20.0. The fourth-order valence-electron chi connectivity index (χ4n) is 4.91. The summed E-state index contributed by atoms with van der Waals surface area (Å²) in [7, 11) is 0. The molecule has 1 unspecified atom stereocenters. The number of fused-ring (bicyclic) bond motifs is 3. The maximum Gasteiger partial charge on any atom is 0.407 e. The van der Waals surface area contributed by atoms with Gasteiger partial charge in [-0.15, -0.1) is 0 Å². The van der Waals surface area contributed by atoms with Crippen molar-refractivity contribution in [1.82, 2.24) is 10.6 Å². The number of ether oxygens (including phenoxy) is 1. The van der Waals surface area contributed by atoms with E-state index in [0.29, 0.717) is 5.25 Å². The Kier molecular flexibility index (Phi) is 7.77. The van der Waals surface area contributed by atoms with Gasteiger partial charge < -0.3 is 20.5 Å². The number of carbonyl (C=O) groups excluding carboxylic acids is 2. The lowest BCUT2D eigenvalue weighted by atomic mass is 9.94. The molecule has 0 heterocycles. The van der Waals surface area contributed by atoms with Crippen LogP contribution in [0.5, 0.6) is 0 Å². The van der Waals surface area contributed by atoms with Crippen LogP contribution in [0.15, 0.2) is 48.5 Å². The lowest BCUT2D eigenvalue weighted by Crippen LogP contribution is -2.51. The van der Waals surface area contributed by atoms with E-state index in [1.54, 1.807) is 0 Å². The minimum Gasteiger partial charge on any atom is -0.481 e. The average Bonchev–Trinajstić information content (AvgIpc) is 3.16. The zero-order valence-electron chi connectivity index (χ0n) is 19.2. The average molecular weight is 483 g/mol. The molecule has 2 aliphatic carbocycles. The number of thioether (sulfide) groups is 1. The van der Waals surface area contributed by atoms with Crippen molar-refractivity contribution in [2.45, 2.75) is 55.4 Å². The molecule has 0 saturated heterocycles. The summed E-state index contributed by atoms with van der Waals surface area (Å²) in [6.07, 6.45) is 4.50. The Hall–Kier alpha value is -3.00. The Bertz CT molecular complexity index is 1010. The molecule has 2 aliphatic rings. The van der Waals surface area contributed by atoms with E-state index in [9.17, 15) is 19.5 Å². The van der Waals surface area contributed by atoms with Gasteiger partial charge in [0.15, 0.2) is 0 Å². The van der Waals surface area contributed by atoms with Crippen LogP contribution >= 0.6 is 11.8 Å². The van der Waals surface area contributed by atoms with Gasteiger partial charge in [0, 0.05) is 17.2 Å². The molecule has 1 fully saturated rings. The largest absolute Gasteiger partial charge is 0.481 e. The predicted molar refractivity (Wildman–Crippen MR) is 132 cm³/mol. The van der Waals surface area contributed by atoms with Crippen LogP contribution < -0.4 is 10.6 Å². The molecule has 1 saturated carbocycles. The van der Waals surface area contributed by atoms with E-state index in [4.69, 9.17) is 4.74 Å². The molecular weight excluding hydrogens is 452 g/mol. The van der Waals surface area contributed by atoms with Gasteiger partial charge in [0.25, 0.3) is 0 Å². The highest BCUT2D eigenvalue weighted by molar-refractivity contribution is 7.99. The second-order valence-electron chi connectivity index (χ2n) is 8.84. The van der Waals surface area contributed by atoms with Crippen LogP contribution in [0.1, 0.15) is 49.1 Å². The quantitative estimate of drug-likeness (QED) is 0.522. The fraction of sp³-hybridized carbons (Fsp3) is 0.423. The van der Waals surface area contributed by atoms with Gasteiger partial charge in [0.05, 0.1) is 6.42 Å². The van der Waals surface area contributed by atoms with E-state index in [1.165, 1.54) is 0 Å². The monoisotopic (exact) mass is 482 g/mol. The number of nitrogens with one attached hydrogen (secondary N) is 2. The van der Waals surface area contributed by atoms with Gasteiger partial charge in [-0.25, -0.2) is 4.79 Å². The van der Waals surface area contributed by atoms with Gasteiger partial charge in [-0.3, -0.25) is 9.59 Å². The summed E-state index contributed by atoms with van der Waals surface area (Å²) in [5.74, 6) is -1.76. The van der Waals surface area contributed by atoms with E-state index in [0.717, 1.165) is 47.9 Å². The third-order valence-corrected chi connectivity index (χ3v) is 7.82. The SMILES string of the molecule is CSC1CCC(NC(=O)C(CC(=O)O)NC(=O)OCC2c3ccccc3-c3ccccc32)CC1. The second-order valence-corrected chi connectivity index (χ2v) is 9.98. The zero-order chi connectivity index (χ0) is 24.1. The van der Waals surface area contributed by atoms with E-state index in [-0.39, 0.29) is 18.6 Å². The van der Waals surface area contributed by atoms with E-state index in [1.807, 2.05) is 60.3 Å². The second kappa shape index (κ2) is 11.0. The number of alkyl carbamates (subject to hydrolysis) is 1. The summed E-state index contributed by atoms with van der Waals surface area (Å²) >= 11 is 1.83. The summed E-state index contributed by atoms with van der Waals surface area (Å²) in [6, 6.07) is 14.8. The first-order valence-corrected chi connectivity index (χ1v) is 12.9. The summed E-state index contributed by atoms with van der Waals surface area (Å²) in [5.41, 5.74) is 4.40. The van der Waals surface area contributed by atoms with E-state index < -0.39 is 30.4 Å². The number of carboxylic acids is 1. The molecule has 1 atom stereocenters. The van der Waals surface area contributed by atoms with Gasteiger partial charge >= 0.3 is 12.1 Å². The number of hydrogen-bond acceptors (Lipinski definition) is 5. The van der Waals surface area contributed by atoms with Crippen molar-refractivity contribution in [3.8, 4) is 11.1 Å². The van der Waals surface area contributed by atoms with Gasteiger partial charge in [-0.2, -0.15) is 11.8 Å². The van der Waals surface area contributed by atoms with Crippen LogP contribution in [0.3, 0.4) is 0 Å². The third-order valence-electron chi connectivity index (χ3n) is 6.68. The predicted octanol–water partition coefficient (Wildman–Crippen LogP) is 4.16. The molecule has 0 aliphatic heterocycles. The molecule has 0 spiro atoms. The van der Waals surface area contributed by atoms with Crippen LogP contribution in [-0.2, 0) is 14.3 Å². The lowest BCUT2D eigenvalue weighted by Gasteiger charge is -2.29. The molecule has 2 aromatic carbocycles. The molecule has 8 heteroatoms. The summed E-state index contributed by atoms with van der Waals surface area (Å²) in [5, 5.41) is 15.3. The van der Waals surface area contributed by atoms with Crippen LogP contribution in [0.25, 0.3) is 11.1 Å². The van der Waals surface area contributed by atoms with Crippen molar-refractivity contribution >= 4 is 29.7 Å². The van der Waals surface area contributed by atoms with Crippen LogP contribution in [0.2, 0.25) is 0 Å². The van der Waals surface area contributed by atoms with E-state index >= 15 is 0 Å². The van der Waals surface area contributed by atoms with Gasteiger partial charge in [0.2, 0.25) is 5.91 Å². The molecular formula is C26H30N2O5S. The van der Waals surface area contributed by atoms with Crippen molar-refractivity contribution in [3.05, 3.63) is 59.7 Å². The molecule has 2 aromatic rings. The molecule has 34 heavy (non-hydrogen) atoms. The highest BCUT2D eigenvalue weighted by Gasteiger charge is 2.31. The number of carboxylic acid groups (broad SMARTS) is 1. The molecule has 0 radical (unpaired) electrons. The smallest absolute Gasteiger partial charge is 0.407 e. The number of amides is 2. The minimum absolute atomic E-state index is 0.00323. The first kappa shape index (κ1) is 24.1. The van der Waals surface area contributed by atoms with Gasteiger partial charge in [-0.1, -0.05) is 48.5 Å². The van der Waals surface area contributed by atoms with Gasteiger partial charge in [-0.05, 0) is 54.2 Å². The van der Waals surface area contributed by atoms with Crippen molar-refractivity contribution < 1.29 is 24.2 Å². The normalized spacial score (nSPS) is 20.0. The first-order valence-electron chi connectivity index (χ1n) is 11.6. The number of benzene rings is 2. The van der Waals surface area contributed by atoms with E-state index in [2.05, 4.69) is 16.9 Å². The van der Waals surface area contributed by atoms with Crippen LogP contribution in [-0.4, -0.2) is 53.3 Å². The molecule has 2 amide bonds. The molecule has 0 bridgehead atoms. The standard InChI is InChI=1S/C26H30N2O5S/c1-34-17-12-10-16(11-13-17)27-25(31)23(14-24(29)30)28-26(32)33-15-22-20-8-4-2-6-18(20)19-7-3-5-9-21(19)22/h2-9,16-17,22-23H,10-15H2,1H3,(H,27,31)(H,28,32)(H,29,30). The number of carbonyl (C=O) groups is 3. The number of rotatable bonds is 8. The molecule has 7 nitrogen and oxygen atoms in total. The van der Waals surface area contributed by atoms with Crippen molar-refractivity contribution in [2.75, 3.05) is 12.9 Å². The van der Waals surface area contributed by atoms with Crippen molar-refractivity contribution in [3.63, 3.8) is 0 Å². The Morgan fingerprint density at radius 2 is 1.59 bits per heavy atom. The lowest BCUT2D eigenvalue weighted by molar-refractivity contribution is -0.140. The maximum atomic E-state index is 12.8. The first-order chi connectivity index (χ1) is 16.5. The van der Waals surface area contributed by atoms with Gasteiger partial charge in [0.1, 0.15) is 12.6 Å². The summed E-state index contributed by atoms with van der Waals surface area (Å²) < 4.78 is 5.49. The molecule has 0 aromatic heterocycles. The molecule has 4 rings (SSSR count). The maximum absolute atomic E-state index is 12.8. The fourth-order valence-corrected chi connectivity index (χ4v) is 5.65. The summed E-state index contributed by atoms with van der Waals surface area (Å²) in [4.78, 5) is 36.7. The Balaban J connectivity index is 1.36. The Morgan fingerprint density at radius 1 is 1.00 bits per heavy atom. The Morgan fingerprint density at radius 3 is 2.15 bits per heavy atom. The third kappa shape index (κ3) is 5.55. The minimum atomic E-state index is -1.19. The van der Waals surface area contributed by atoms with Crippen LogP contribution in [0.4, 0.5) is 4.79 Å². The Labute approximate surface area is 203 Å². The number of hydrogen-bond donors (Lipinski definition) is 3. The molecule has 3 N–H and O–H groups in total. The van der Waals surface area contributed by atoms with Crippen molar-refractivity contribution in [2.24, 2.45) is 0 Å². The topological polar surface area (TPSA) is 105 Å². The highest BCUT2D eigenvalue weighted by Crippen LogP contribution is 2.44. The van der Waals surface area contributed by atoms with Crippen LogP contribution in [0, 0.1) is 0 Å². The van der Waals surface area contributed by atoms with Crippen molar-refractivity contribution in [1.29, 1.82) is 0 Å². The number of aliphatic carboxylic acids is 1.